The summed E-state index contributed by atoms with van der Waals surface area (Å²) in [4.78, 5) is 30.5. The molecule has 2 heterocycles. The molecule has 1 aromatic heterocycles. The van der Waals surface area contributed by atoms with E-state index in [2.05, 4.69) is 15.6 Å². The van der Waals surface area contributed by atoms with Gasteiger partial charge in [0.05, 0.1) is 18.8 Å². The van der Waals surface area contributed by atoms with Crippen molar-refractivity contribution in [1.29, 1.82) is 0 Å². The third kappa shape index (κ3) is 4.18. The van der Waals surface area contributed by atoms with Crippen LogP contribution >= 0.6 is 0 Å². The third-order valence-electron chi connectivity index (χ3n) is 4.17. The molecule has 2 aromatic rings. The molecule has 7 heteroatoms. The molecule has 1 aliphatic rings. The molecule has 3 amide bonds. The van der Waals surface area contributed by atoms with Gasteiger partial charge in [-0.3, -0.25) is 9.78 Å². The molecule has 0 saturated heterocycles. The van der Waals surface area contributed by atoms with Crippen molar-refractivity contribution in [2.24, 2.45) is 0 Å². The fourth-order valence-corrected chi connectivity index (χ4v) is 2.85. The van der Waals surface area contributed by atoms with Gasteiger partial charge in [-0.05, 0) is 42.8 Å². The van der Waals surface area contributed by atoms with Gasteiger partial charge in [-0.25, -0.2) is 4.79 Å². The van der Waals surface area contributed by atoms with Crippen molar-refractivity contribution >= 4 is 17.6 Å². The Morgan fingerprint density at radius 3 is 2.69 bits per heavy atom. The maximum Gasteiger partial charge on any atom is 0.322 e. The quantitative estimate of drug-likeness (QED) is 0.864. The van der Waals surface area contributed by atoms with E-state index >= 15 is 0 Å². The van der Waals surface area contributed by atoms with Gasteiger partial charge in [0, 0.05) is 37.1 Å². The second-order valence-corrected chi connectivity index (χ2v) is 6.30. The summed E-state index contributed by atoms with van der Waals surface area (Å²) in [6.45, 7) is 3.37. The summed E-state index contributed by atoms with van der Waals surface area (Å²) >= 11 is 0. The molecule has 0 fully saturated rings. The van der Waals surface area contributed by atoms with Crippen molar-refractivity contribution in [2.75, 3.05) is 19.0 Å². The molecule has 1 atom stereocenters. The van der Waals surface area contributed by atoms with Crippen LogP contribution in [0.5, 0.6) is 0 Å². The van der Waals surface area contributed by atoms with E-state index in [-0.39, 0.29) is 18.0 Å². The predicted molar refractivity (Wildman–Crippen MR) is 97.7 cm³/mol. The zero-order valence-electron chi connectivity index (χ0n) is 14.9. The van der Waals surface area contributed by atoms with Gasteiger partial charge in [-0.2, -0.15) is 0 Å². The van der Waals surface area contributed by atoms with Crippen LogP contribution in [0, 0.1) is 0 Å². The monoisotopic (exact) mass is 354 g/mol. The van der Waals surface area contributed by atoms with E-state index in [9.17, 15) is 9.59 Å². The van der Waals surface area contributed by atoms with E-state index in [1.807, 2.05) is 19.1 Å². The van der Waals surface area contributed by atoms with Crippen LogP contribution in [0.1, 0.15) is 28.5 Å². The first-order valence-corrected chi connectivity index (χ1v) is 8.45. The second kappa shape index (κ2) is 7.97. The molecule has 0 radical (unpaired) electrons. The number of fused-ring (bicyclic) bond motifs is 1. The van der Waals surface area contributed by atoms with Gasteiger partial charge in [-0.15, -0.1) is 0 Å². The van der Waals surface area contributed by atoms with E-state index in [4.69, 9.17) is 4.74 Å². The molecule has 0 unspecified atom stereocenters. The van der Waals surface area contributed by atoms with Crippen LogP contribution in [0.3, 0.4) is 0 Å². The molecule has 3 rings (SSSR count). The molecule has 0 bridgehead atoms. The standard InChI is InChI=1S/C19H22N4O3/c1-13(12-26-2)21-18(24)14-5-7-16(8-6-14)22-19(25)23-10-15-4-3-9-20-17(15)11-23/h3-9,13H,10-12H2,1-2H3,(H,21,24)(H,22,25)/t13-/m0/s1. The first-order chi connectivity index (χ1) is 12.6. The number of benzene rings is 1. The maximum absolute atomic E-state index is 12.4. The fraction of sp³-hybridized carbons (Fsp3) is 0.316. The number of anilines is 1. The van der Waals surface area contributed by atoms with E-state index in [1.165, 1.54) is 0 Å². The zero-order valence-corrected chi connectivity index (χ0v) is 14.9. The molecule has 2 N–H and O–H groups in total. The Kier molecular flexibility index (Phi) is 5.48. The van der Waals surface area contributed by atoms with Crippen LogP contribution in [0.15, 0.2) is 42.6 Å². The summed E-state index contributed by atoms with van der Waals surface area (Å²) in [6.07, 6.45) is 1.73. The van der Waals surface area contributed by atoms with Gasteiger partial charge in [-0.1, -0.05) is 6.07 Å². The van der Waals surface area contributed by atoms with Gasteiger partial charge in [0.1, 0.15) is 0 Å². The lowest BCUT2D eigenvalue weighted by Gasteiger charge is -2.16. The number of hydrogen-bond donors (Lipinski definition) is 2. The lowest BCUT2D eigenvalue weighted by atomic mass is 10.2. The molecular weight excluding hydrogens is 332 g/mol. The van der Waals surface area contributed by atoms with Gasteiger partial charge in [0.25, 0.3) is 5.91 Å². The molecule has 0 spiro atoms. The van der Waals surface area contributed by atoms with Gasteiger partial charge >= 0.3 is 6.03 Å². The highest BCUT2D eigenvalue weighted by Gasteiger charge is 2.24. The lowest BCUT2D eigenvalue weighted by Crippen LogP contribution is -2.35. The van der Waals surface area contributed by atoms with Crippen LogP contribution in [0.25, 0.3) is 0 Å². The second-order valence-electron chi connectivity index (χ2n) is 6.30. The summed E-state index contributed by atoms with van der Waals surface area (Å²) in [6, 6.07) is 10.4. The fourth-order valence-electron chi connectivity index (χ4n) is 2.85. The highest BCUT2D eigenvalue weighted by Crippen LogP contribution is 2.21. The Labute approximate surface area is 152 Å². The van der Waals surface area contributed by atoms with E-state index < -0.39 is 0 Å². The number of methoxy groups -OCH3 is 1. The van der Waals surface area contributed by atoms with Crippen molar-refractivity contribution < 1.29 is 14.3 Å². The highest BCUT2D eigenvalue weighted by molar-refractivity contribution is 5.95. The number of nitrogens with one attached hydrogen (secondary N) is 2. The average molecular weight is 354 g/mol. The predicted octanol–water partition coefficient (Wildman–Crippen LogP) is 2.39. The van der Waals surface area contributed by atoms with E-state index in [1.54, 1.807) is 42.5 Å². The number of nitrogens with zero attached hydrogens (tertiary/aromatic N) is 2. The number of aromatic nitrogens is 1. The Morgan fingerprint density at radius 1 is 1.23 bits per heavy atom. The average Bonchev–Trinajstić information content (AvgIpc) is 3.07. The summed E-state index contributed by atoms with van der Waals surface area (Å²) in [5.41, 5.74) is 3.17. The molecule has 26 heavy (non-hydrogen) atoms. The minimum Gasteiger partial charge on any atom is -0.383 e. The van der Waals surface area contributed by atoms with Crippen molar-refractivity contribution in [3.63, 3.8) is 0 Å². The summed E-state index contributed by atoms with van der Waals surface area (Å²) in [5, 5.41) is 5.70. The molecule has 1 aliphatic heterocycles. The molecule has 0 aliphatic carbocycles. The Balaban J connectivity index is 1.56. The first-order valence-electron chi connectivity index (χ1n) is 8.45. The maximum atomic E-state index is 12.4. The van der Waals surface area contributed by atoms with Crippen molar-refractivity contribution in [1.82, 2.24) is 15.2 Å². The Morgan fingerprint density at radius 2 is 2.00 bits per heavy atom. The van der Waals surface area contributed by atoms with Gasteiger partial charge < -0.3 is 20.3 Å². The van der Waals surface area contributed by atoms with Gasteiger partial charge in [0.2, 0.25) is 0 Å². The highest BCUT2D eigenvalue weighted by atomic mass is 16.5. The molecule has 7 nitrogen and oxygen atoms in total. The topological polar surface area (TPSA) is 83.6 Å². The molecule has 0 saturated carbocycles. The van der Waals surface area contributed by atoms with Gasteiger partial charge in [0.15, 0.2) is 0 Å². The number of pyridine rings is 1. The van der Waals surface area contributed by atoms with E-state index in [0.29, 0.717) is 30.9 Å². The smallest absolute Gasteiger partial charge is 0.322 e. The number of carbonyl (C=O) groups excluding carboxylic acids is 2. The lowest BCUT2D eigenvalue weighted by molar-refractivity contribution is 0.0905. The third-order valence-corrected chi connectivity index (χ3v) is 4.17. The van der Waals surface area contributed by atoms with Crippen molar-refractivity contribution in [3.05, 3.63) is 59.4 Å². The van der Waals surface area contributed by atoms with Crippen LogP contribution in [-0.4, -0.2) is 41.6 Å². The summed E-state index contributed by atoms with van der Waals surface area (Å²) in [5.74, 6) is -0.173. The Hall–Kier alpha value is -2.93. The number of amides is 3. The summed E-state index contributed by atoms with van der Waals surface area (Å²) in [7, 11) is 1.59. The minimum absolute atomic E-state index is 0.0720. The first kappa shape index (κ1) is 17.9. The van der Waals surface area contributed by atoms with E-state index in [0.717, 1.165) is 11.3 Å². The number of carbonyl (C=O) groups is 2. The molecule has 136 valence electrons. The number of rotatable bonds is 5. The van der Waals surface area contributed by atoms with Crippen molar-refractivity contribution in [3.8, 4) is 0 Å². The van der Waals surface area contributed by atoms with Crippen LogP contribution in [0.4, 0.5) is 10.5 Å². The zero-order chi connectivity index (χ0) is 18.5. The van der Waals surface area contributed by atoms with Crippen LogP contribution in [0.2, 0.25) is 0 Å². The normalized spacial score (nSPS) is 13.8. The minimum atomic E-state index is -0.186. The summed E-state index contributed by atoms with van der Waals surface area (Å²) < 4.78 is 5.00. The number of ether oxygens (including phenoxy) is 1. The SMILES string of the molecule is COC[C@H](C)NC(=O)c1ccc(NC(=O)N2Cc3cccnc3C2)cc1. The number of urea groups is 1. The molecular formula is C19H22N4O3. The molecule has 1 aromatic carbocycles. The van der Waals surface area contributed by atoms with Crippen LogP contribution in [-0.2, 0) is 17.8 Å². The number of hydrogen-bond acceptors (Lipinski definition) is 4. The van der Waals surface area contributed by atoms with Crippen molar-refractivity contribution in [2.45, 2.75) is 26.1 Å². The Bertz CT molecular complexity index is 767. The van der Waals surface area contributed by atoms with Crippen LogP contribution < -0.4 is 10.6 Å². The largest absolute Gasteiger partial charge is 0.383 e.